The fourth-order valence-corrected chi connectivity index (χ4v) is 3.09. The molecule has 0 spiro atoms. The Morgan fingerprint density at radius 3 is 2.65 bits per heavy atom. The van der Waals surface area contributed by atoms with Crippen LogP contribution in [0.5, 0.6) is 11.5 Å². The summed E-state index contributed by atoms with van der Waals surface area (Å²) in [5.41, 5.74) is 7.10. The van der Waals surface area contributed by atoms with Gasteiger partial charge in [-0.05, 0) is 24.5 Å². The lowest BCUT2D eigenvalue weighted by atomic mass is 9.64. The van der Waals surface area contributed by atoms with Crippen LogP contribution in [0.2, 0.25) is 5.02 Å². The highest BCUT2D eigenvalue weighted by molar-refractivity contribution is 6.33. The largest absolute Gasteiger partial charge is 0.486 e. The predicted molar refractivity (Wildman–Crippen MR) is 67.0 cm³/mol. The van der Waals surface area contributed by atoms with Gasteiger partial charge in [-0.1, -0.05) is 24.1 Å². The second-order valence-electron chi connectivity index (χ2n) is 4.79. The van der Waals surface area contributed by atoms with Gasteiger partial charge in [-0.2, -0.15) is 0 Å². The minimum absolute atomic E-state index is 0.0624. The molecule has 0 radical (unpaired) electrons. The average molecular weight is 254 g/mol. The first-order valence-electron chi connectivity index (χ1n) is 6.05. The van der Waals surface area contributed by atoms with E-state index < -0.39 is 0 Å². The highest BCUT2D eigenvalue weighted by Gasteiger charge is 2.40. The molecular weight excluding hydrogens is 238 g/mol. The molecule has 1 aliphatic carbocycles. The molecule has 1 aromatic rings. The van der Waals surface area contributed by atoms with Gasteiger partial charge in [0.15, 0.2) is 11.5 Å². The number of fused-ring (bicyclic) bond motifs is 1. The molecule has 3 rings (SSSR count). The third kappa shape index (κ3) is 1.60. The van der Waals surface area contributed by atoms with Crippen LogP contribution < -0.4 is 15.2 Å². The van der Waals surface area contributed by atoms with Gasteiger partial charge < -0.3 is 15.2 Å². The van der Waals surface area contributed by atoms with E-state index in [1.54, 1.807) is 0 Å². The van der Waals surface area contributed by atoms with Crippen molar-refractivity contribution < 1.29 is 9.47 Å². The van der Waals surface area contributed by atoms with E-state index in [0.717, 1.165) is 24.2 Å². The van der Waals surface area contributed by atoms with Crippen LogP contribution in [0.1, 0.15) is 24.8 Å². The van der Waals surface area contributed by atoms with Crippen molar-refractivity contribution in [3.8, 4) is 11.5 Å². The number of hydrogen-bond acceptors (Lipinski definition) is 3. The summed E-state index contributed by atoms with van der Waals surface area (Å²) >= 11 is 6.44. The fourth-order valence-electron chi connectivity index (χ4n) is 2.68. The molecule has 0 unspecified atom stereocenters. The van der Waals surface area contributed by atoms with E-state index >= 15 is 0 Å². The van der Waals surface area contributed by atoms with Crippen LogP contribution in [-0.2, 0) is 5.41 Å². The van der Waals surface area contributed by atoms with Gasteiger partial charge in [0, 0.05) is 12.0 Å². The van der Waals surface area contributed by atoms with Gasteiger partial charge in [0.2, 0.25) is 0 Å². The van der Waals surface area contributed by atoms with Crippen molar-refractivity contribution in [1.29, 1.82) is 0 Å². The third-order valence-corrected chi connectivity index (χ3v) is 4.30. The zero-order chi connectivity index (χ0) is 11.9. The number of rotatable bonds is 2. The first-order valence-corrected chi connectivity index (χ1v) is 6.43. The molecule has 3 nitrogen and oxygen atoms in total. The zero-order valence-corrected chi connectivity index (χ0v) is 10.4. The Labute approximate surface area is 106 Å². The molecule has 17 heavy (non-hydrogen) atoms. The van der Waals surface area contributed by atoms with Crippen molar-refractivity contribution in [3.63, 3.8) is 0 Å². The van der Waals surface area contributed by atoms with Crippen LogP contribution in [0.4, 0.5) is 0 Å². The summed E-state index contributed by atoms with van der Waals surface area (Å²) in [7, 11) is 0. The van der Waals surface area contributed by atoms with Gasteiger partial charge in [-0.15, -0.1) is 0 Å². The molecule has 1 saturated carbocycles. The smallest absolute Gasteiger partial charge is 0.180 e. The summed E-state index contributed by atoms with van der Waals surface area (Å²) in [6.07, 6.45) is 3.45. The van der Waals surface area contributed by atoms with Crippen LogP contribution in [0.15, 0.2) is 12.1 Å². The summed E-state index contributed by atoms with van der Waals surface area (Å²) in [5, 5.41) is 0.687. The van der Waals surface area contributed by atoms with E-state index in [1.807, 2.05) is 12.1 Å². The summed E-state index contributed by atoms with van der Waals surface area (Å²) in [4.78, 5) is 0. The predicted octanol–water partition coefficient (Wildman–Crippen LogP) is 2.49. The molecular formula is C13H16ClNO2. The van der Waals surface area contributed by atoms with Crippen molar-refractivity contribution >= 4 is 11.6 Å². The average Bonchev–Trinajstić information content (AvgIpc) is 2.31. The number of ether oxygens (including phenoxy) is 2. The number of halogens is 1. The van der Waals surface area contributed by atoms with Gasteiger partial charge >= 0.3 is 0 Å². The molecule has 1 aromatic carbocycles. The van der Waals surface area contributed by atoms with E-state index in [2.05, 4.69) is 0 Å². The van der Waals surface area contributed by atoms with Crippen molar-refractivity contribution in [2.24, 2.45) is 5.73 Å². The SMILES string of the molecule is NCC1(c2ccc3c(c2Cl)OCCO3)CCC1. The summed E-state index contributed by atoms with van der Waals surface area (Å²) < 4.78 is 11.1. The minimum Gasteiger partial charge on any atom is -0.486 e. The number of nitrogens with two attached hydrogens (primary N) is 1. The topological polar surface area (TPSA) is 44.5 Å². The number of hydrogen-bond donors (Lipinski definition) is 1. The first kappa shape index (κ1) is 11.2. The van der Waals surface area contributed by atoms with Crippen molar-refractivity contribution in [2.45, 2.75) is 24.7 Å². The van der Waals surface area contributed by atoms with Crippen molar-refractivity contribution in [2.75, 3.05) is 19.8 Å². The van der Waals surface area contributed by atoms with Gasteiger partial charge in [0.25, 0.3) is 0 Å². The Balaban J connectivity index is 2.06. The fraction of sp³-hybridized carbons (Fsp3) is 0.538. The van der Waals surface area contributed by atoms with Crippen molar-refractivity contribution in [1.82, 2.24) is 0 Å². The zero-order valence-electron chi connectivity index (χ0n) is 9.67. The molecule has 2 aliphatic rings. The molecule has 0 amide bonds. The maximum Gasteiger partial charge on any atom is 0.180 e. The summed E-state index contributed by atoms with van der Waals surface area (Å²) in [6.45, 7) is 1.79. The normalized spacial score (nSPS) is 20.8. The van der Waals surface area contributed by atoms with Crippen LogP contribution in [-0.4, -0.2) is 19.8 Å². The second-order valence-corrected chi connectivity index (χ2v) is 5.17. The molecule has 4 heteroatoms. The van der Waals surface area contributed by atoms with Crippen LogP contribution in [0.3, 0.4) is 0 Å². The Morgan fingerprint density at radius 2 is 2.00 bits per heavy atom. The van der Waals surface area contributed by atoms with Crippen LogP contribution in [0, 0.1) is 0 Å². The summed E-state index contributed by atoms with van der Waals surface area (Å²) in [5.74, 6) is 1.44. The van der Waals surface area contributed by atoms with Gasteiger partial charge in [0.1, 0.15) is 13.2 Å². The number of benzene rings is 1. The van der Waals surface area contributed by atoms with Crippen LogP contribution in [0.25, 0.3) is 0 Å². The molecule has 0 aromatic heterocycles. The molecule has 1 aliphatic heterocycles. The van der Waals surface area contributed by atoms with E-state index in [-0.39, 0.29) is 5.41 Å². The molecule has 0 saturated heterocycles. The monoisotopic (exact) mass is 253 g/mol. The highest BCUT2D eigenvalue weighted by Crippen LogP contribution is 2.50. The Hall–Kier alpha value is -0.930. The lowest BCUT2D eigenvalue weighted by Gasteiger charge is -2.42. The highest BCUT2D eigenvalue weighted by atomic mass is 35.5. The molecule has 92 valence electrons. The van der Waals surface area contributed by atoms with E-state index in [4.69, 9.17) is 26.8 Å². The standard InChI is InChI=1S/C13H16ClNO2/c14-11-9(13(8-15)4-1-5-13)2-3-10-12(11)17-7-6-16-10/h2-3H,1,4-8,15H2. The van der Waals surface area contributed by atoms with Gasteiger partial charge in [-0.25, -0.2) is 0 Å². The Bertz CT molecular complexity index is 438. The second kappa shape index (κ2) is 4.07. The molecule has 1 fully saturated rings. The lowest BCUT2D eigenvalue weighted by molar-refractivity contribution is 0.170. The quantitative estimate of drug-likeness (QED) is 0.881. The Kier molecular flexibility index (Phi) is 2.68. The van der Waals surface area contributed by atoms with Gasteiger partial charge in [0.05, 0.1) is 5.02 Å². The maximum atomic E-state index is 6.44. The van der Waals surface area contributed by atoms with Crippen molar-refractivity contribution in [3.05, 3.63) is 22.7 Å². The molecule has 0 atom stereocenters. The van der Waals surface area contributed by atoms with E-state index in [0.29, 0.717) is 30.5 Å². The summed E-state index contributed by atoms with van der Waals surface area (Å²) in [6, 6.07) is 3.99. The van der Waals surface area contributed by atoms with Crippen LogP contribution >= 0.6 is 11.6 Å². The molecule has 2 N–H and O–H groups in total. The molecule has 0 bridgehead atoms. The third-order valence-electron chi connectivity index (χ3n) is 3.92. The molecule has 1 heterocycles. The van der Waals surface area contributed by atoms with E-state index in [1.165, 1.54) is 6.42 Å². The minimum atomic E-state index is 0.0624. The van der Waals surface area contributed by atoms with E-state index in [9.17, 15) is 0 Å². The lowest BCUT2D eigenvalue weighted by Crippen LogP contribution is -2.41. The Morgan fingerprint density at radius 1 is 1.24 bits per heavy atom. The first-order chi connectivity index (χ1) is 8.27. The maximum absolute atomic E-state index is 6.44. The van der Waals surface area contributed by atoms with Gasteiger partial charge in [-0.3, -0.25) is 0 Å².